The zero-order valence-corrected chi connectivity index (χ0v) is 8.79. The highest BCUT2D eigenvalue weighted by atomic mass is 19.1. The maximum absolute atomic E-state index is 13.9. The summed E-state index contributed by atoms with van der Waals surface area (Å²) in [5.41, 5.74) is 5.44. The minimum Gasteiger partial charge on any atom is -0.505 e. The van der Waals surface area contributed by atoms with E-state index in [1.54, 1.807) is 0 Å². The van der Waals surface area contributed by atoms with E-state index in [9.17, 15) is 14.3 Å². The standard InChI is InChI=1S/C11H12FNO3/c1-16-11(15)8-9(12)6(5-2-3-5)4-7(13)10(8)14/h4-5,14H,2-3,13H2,1H3. The van der Waals surface area contributed by atoms with Gasteiger partial charge >= 0.3 is 5.97 Å². The second-order valence-electron chi connectivity index (χ2n) is 3.86. The third-order valence-corrected chi connectivity index (χ3v) is 2.70. The number of carbonyl (C=O) groups excluding carboxylic acids is 1. The van der Waals surface area contributed by atoms with Crippen LogP contribution >= 0.6 is 0 Å². The highest BCUT2D eigenvalue weighted by Crippen LogP contribution is 2.44. The molecule has 1 fully saturated rings. The van der Waals surface area contributed by atoms with Crippen LogP contribution in [-0.2, 0) is 4.74 Å². The third kappa shape index (κ3) is 1.58. The Bertz CT molecular complexity index is 455. The van der Waals surface area contributed by atoms with Crippen LogP contribution in [0.5, 0.6) is 5.75 Å². The van der Waals surface area contributed by atoms with Crippen molar-refractivity contribution >= 4 is 11.7 Å². The number of hydrogen-bond acceptors (Lipinski definition) is 4. The van der Waals surface area contributed by atoms with E-state index in [0.29, 0.717) is 5.56 Å². The first-order chi connectivity index (χ1) is 7.56. The fourth-order valence-corrected chi connectivity index (χ4v) is 1.67. The van der Waals surface area contributed by atoms with Crippen molar-refractivity contribution in [3.63, 3.8) is 0 Å². The Hall–Kier alpha value is -1.78. The topological polar surface area (TPSA) is 72.5 Å². The summed E-state index contributed by atoms with van der Waals surface area (Å²) in [7, 11) is 1.13. The van der Waals surface area contributed by atoms with Gasteiger partial charge < -0.3 is 15.6 Å². The molecule has 1 aromatic carbocycles. The Kier molecular flexibility index (Phi) is 2.46. The molecule has 4 nitrogen and oxygen atoms in total. The molecule has 2 rings (SSSR count). The van der Waals surface area contributed by atoms with E-state index < -0.39 is 23.1 Å². The maximum Gasteiger partial charge on any atom is 0.344 e. The van der Waals surface area contributed by atoms with E-state index in [1.165, 1.54) is 6.07 Å². The Labute approximate surface area is 91.8 Å². The SMILES string of the molecule is COC(=O)c1c(O)c(N)cc(C2CC2)c1F. The van der Waals surface area contributed by atoms with Crippen molar-refractivity contribution in [2.24, 2.45) is 0 Å². The zero-order chi connectivity index (χ0) is 11.9. The highest BCUT2D eigenvalue weighted by Gasteiger charge is 2.32. The summed E-state index contributed by atoms with van der Waals surface area (Å²) in [6, 6.07) is 1.38. The van der Waals surface area contributed by atoms with Crippen molar-refractivity contribution < 1.29 is 19.0 Å². The van der Waals surface area contributed by atoms with Gasteiger partial charge in [0.05, 0.1) is 12.8 Å². The molecule has 0 aliphatic heterocycles. The second kappa shape index (κ2) is 3.66. The third-order valence-electron chi connectivity index (χ3n) is 2.70. The predicted octanol–water partition coefficient (Wildman–Crippen LogP) is 1.78. The van der Waals surface area contributed by atoms with Gasteiger partial charge in [0, 0.05) is 0 Å². The van der Waals surface area contributed by atoms with Gasteiger partial charge in [0.1, 0.15) is 11.4 Å². The number of benzene rings is 1. The van der Waals surface area contributed by atoms with E-state index in [-0.39, 0.29) is 11.6 Å². The molecule has 0 amide bonds. The minimum absolute atomic E-state index is 0.00343. The van der Waals surface area contributed by atoms with Gasteiger partial charge in [0.15, 0.2) is 5.75 Å². The number of nitrogens with two attached hydrogens (primary N) is 1. The quantitative estimate of drug-likeness (QED) is 0.457. The lowest BCUT2D eigenvalue weighted by Crippen LogP contribution is -2.08. The van der Waals surface area contributed by atoms with Gasteiger partial charge in [-0.25, -0.2) is 9.18 Å². The van der Waals surface area contributed by atoms with Gasteiger partial charge in [-0.05, 0) is 30.4 Å². The Morgan fingerprint density at radius 3 is 2.75 bits per heavy atom. The maximum atomic E-state index is 13.9. The summed E-state index contributed by atoms with van der Waals surface area (Å²) < 4.78 is 18.3. The molecule has 1 saturated carbocycles. The average molecular weight is 225 g/mol. The van der Waals surface area contributed by atoms with Gasteiger partial charge in [0.25, 0.3) is 0 Å². The summed E-state index contributed by atoms with van der Waals surface area (Å²) >= 11 is 0. The summed E-state index contributed by atoms with van der Waals surface area (Å²) in [6.07, 6.45) is 1.75. The number of halogens is 1. The number of methoxy groups -OCH3 is 1. The molecule has 86 valence electrons. The van der Waals surface area contributed by atoms with Crippen LogP contribution in [0.3, 0.4) is 0 Å². The molecule has 1 aliphatic rings. The van der Waals surface area contributed by atoms with Gasteiger partial charge in [-0.3, -0.25) is 0 Å². The molecule has 0 saturated heterocycles. The Morgan fingerprint density at radius 2 is 2.25 bits per heavy atom. The summed E-state index contributed by atoms with van der Waals surface area (Å²) in [6.45, 7) is 0. The number of aromatic hydroxyl groups is 1. The van der Waals surface area contributed by atoms with Crippen LogP contribution in [0.2, 0.25) is 0 Å². The largest absolute Gasteiger partial charge is 0.505 e. The Balaban J connectivity index is 2.60. The first kappa shape index (κ1) is 10.7. The van der Waals surface area contributed by atoms with Crippen LogP contribution in [-0.4, -0.2) is 18.2 Å². The zero-order valence-electron chi connectivity index (χ0n) is 8.79. The molecular formula is C11H12FNO3. The van der Waals surface area contributed by atoms with Crippen LogP contribution in [0.1, 0.15) is 34.7 Å². The van der Waals surface area contributed by atoms with Crippen LogP contribution in [0, 0.1) is 5.82 Å². The van der Waals surface area contributed by atoms with Gasteiger partial charge in [-0.1, -0.05) is 0 Å². The molecule has 5 heteroatoms. The Morgan fingerprint density at radius 1 is 1.62 bits per heavy atom. The number of rotatable bonds is 2. The number of carbonyl (C=O) groups is 1. The fourth-order valence-electron chi connectivity index (χ4n) is 1.67. The first-order valence-electron chi connectivity index (χ1n) is 4.95. The average Bonchev–Trinajstić information content (AvgIpc) is 3.07. The lowest BCUT2D eigenvalue weighted by molar-refractivity contribution is 0.0592. The molecule has 0 unspecified atom stereocenters. The van der Waals surface area contributed by atoms with E-state index in [1.807, 2.05) is 0 Å². The molecule has 0 spiro atoms. The summed E-state index contributed by atoms with van der Waals surface area (Å²) in [5, 5.41) is 9.54. The summed E-state index contributed by atoms with van der Waals surface area (Å²) in [5.74, 6) is -2.08. The van der Waals surface area contributed by atoms with E-state index in [0.717, 1.165) is 20.0 Å². The highest BCUT2D eigenvalue weighted by molar-refractivity contribution is 5.95. The minimum atomic E-state index is -0.913. The van der Waals surface area contributed by atoms with E-state index in [4.69, 9.17) is 5.73 Å². The lowest BCUT2D eigenvalue weighted by Gasteiger charge is -2.10. The van der Waals surface area contributed by atoms with Crippen molar-refractivity contribution in [2.75, 3.05) is 12.8 Å². The molecular weight excluding hydrogens is 213 g/mol. The molecule has 0 radical (unpaired) electrons. The van der Waals surface area contributed by atoms with Gasteiger partial charge in [0.2, 0.25) is 0 Å². The molecule has 0 bridgehead atoms. The number of phenols is 1. The molecule has 0 heterocycles. The van der Waals surface area contributed by atoms with Crippen molar-refractivity contribution in [2.45, 2.75) is 18.8 Å². The molecule has 0 atom stereocenters. The number of hydrogen-bond donors (Lipinski definition) is 2. The van der Waals surface area contributed by atoms with Crippen LogP contribution in [0.4, 0.5) is 10.1 Å². The fraction of sp³-hybridized carbons (Fsp3) is 0.364. The number of ether oxygens (including phenoxy) is 1. The molecule has 1 aliphatic carbocycles. The van der Waals surface area contributed by atoms with E-state index in [2.05, 4.69) is 4.74 Å². The number of nitrogen functional groups attached to an aromatic ring is 1. The monoisotopic (exact) mass is 225 g/mol. The smallest absolute Gasteiger partial charge is 0.344 e. The lowest BCUT2D eigenvalue weighted by atomic mass is 10.0. The van der Waals surface area contributed by atoms with Crippen LogP contribution in [0.15, 0.2) is 6.07 Å². The number of phenolic OH excluding ortho intramolecular Hbond substituents is 1. The summed E-state index contributed by atoms with van der Waals surface area (Å²) in [4.78, 5) is 11.3. The van der Waals surface area contributed by atoms with Crippen molar-refractivity contribution in [3.8, 4) is 5.75 Å². The number of esters is 1. The first-order valence-corrected chi connectivity index (χ1v) is 4.95. The van der Waals surface area contributed by atoms with Crippen LogP contribution in [0.25, 0.3) is 0 Å². The normalized spacial score (nSPS) is 14.9. The van der Waals surface area contributed by atoms with Crippen molar-refractivity contribution in [1.82, 2.24) is 0 Å². The van der Waals surface area contributed by atoms with Gasteiger partial charge in [-0.15, -0.1) is 0 Å². The second-order valence-corrected chi connectivity index (χ2v) is 3.86. The van der Waals surface area contributed by atoms with Crippen molar-refractivity contribution in [1.29, 1.82) is 0 Å². The van der Waals surface area contributed by atoms with Crippen molar-refractivity contribution in [3.05, 3.63) is 23.0 Å². The predicted molar refractivity (Wildman–Crippen MR) is 55.8 cm³/mol. The van der Waals surface area contributed by atoms with Gasteiger partial charge in [-0.2, -0.15) is 0 Å². The number of anilines is 1. The molecule has 16 heavy (non-hydrogen) atoms. The molecule has 0 aromatic heterocycles. The molecule has 3 N–H and O–H groups in total. The molecule has 1 aromatic rings. The van der Waals surface area contributed by atoms with E-state index >= 15 is 0 Å². The van der Waals surface area contributed by atoms with Crippen LogP contribution < -0.4 is 5.73 Å².